The predicted octanol–water partition coefficient (Wildman–Crippen LogP) is 2.37. The first-order chi connectivity index (χ1) is 13.3. The molecule has 7 heteroatoms. The van der Waals surface area contributed by atoms with Gasteiger partial charge in [0.25, 0.3) is 0 Å². The maximum atomic E-state index is 5.67. The van der Waals surface area contributed by atoms with Crippen LogP contribution >= 0.6 is 0 Å². The minimum atomic E-state index is 0.455. The van der Waals surface area contributed by atoms with Crippen molar-refractivity contribution in [2.75, 3.05) is 34.0 Å². The molecule has 0 radical (unpaired) electrons. The third-order valence-electron chi connectivity index (χ3n) is 3.77. The van der Waals surface area contributed by atoms with Crippen LogP contribution in [0, 0.1) is 0 Å². The molecule has 27 heavy (non-hydrogen) atoms. The van der Waals surface area contributed by atoms with Crippen molar-refractivity contribution in [3.63, 3.8) is 0 Å². The molecule has 0 saturated heterocycles. The van der Waals surface area contributed by atoms with Crippen molar-refractivity contribution in [1.82, 2.24) is 15.6 Å². The average molecular weight is 372 g/mol. The molecule has 0 aliphatic heterocycles. The molecule has 0 amide bonds. The van der Waals surface area contributed by atoms with E-state index in [-0.39, 0.29) is 0 Å². The van der Waals surface area contributed by atoms with Crippen LogP contribution < -0.4 is 20.1 Å². The summed E-state index contributed by atoms with van der Waals surface area (Å²) in [5.74, 6) is 2.15. The predicted molar refractivity (Wildman–Crippen MR) is 106 cm³/mol. The molecule has 7 nitrogen and oxygen atoms in total. The molecule has 146 valence electrons. The van der Waals surface area contributed by atoms with E-state index < -0.39 is 0 Å². The molecule has 0 aliphatic carbocycles. The van der Waals surface area contributed by atoms with E-state index in [9.17, 15) is 0 Å². The highest BCUT2D eigenvalue weighted by molar-refractivity contribution is 5.79. The molecule has 0 aliphatic rings. The lowest BCUT2D eigenvalue weighted by Crippen LogP contribution is -2.36. The van der Waals surface area contributed by atoms with Crippen LogP contribution in [-0.4, -0.2) is 44.9 Å². The second-order valence-corrected chi connectivity index (χ2v) is 5.67. The maximum absolute atomic E-state index is 5.67. The van der Waals surface area contributed by atoms with Crippen LogP contribution in [0.2, 0.25) is 0 Å². The molecular formula is C20H28N4O3. The van der Waals surface area contributed by atoms with Gasteiger partial charge >= 0.3 is 0 Å². The van der Waals surface area contributed by atoms with Crippen molar-refractivity contribution >= 4 is 5.96 Å². The van der Waals surface area contributed by atoms with E-state index in [1.54, 1.807) is 20.4 Å². The van der Waals surface area contributed by atoms with E-state index in [0.29, 0.717) is 32.2 Å². The molecule has 2 N–H and O–H groups in total. The van der Waals surface area contributed by atoms with Gasteiger partial charge in [0, 0.05) is 37.5 Å². The molecule has 0 unspecified atom stereocenters. The lowest BCUT2D eigenvalue weighted by molar-refractivity contribution is 0.143. The van der Waals surface area contributed by atoms with Gasteiger partial charge in [-0.15, -0.1) is 0 Å². The zero-order valence-corrected chi connectivity index (χ0v) is 16.2. The molecule has 1 heterocycles. The zero-order valence-electron chi connectivity index (χ0n) is 16.2. The number of hydrogen-bond donors (Lipinski definition) is 2. The molecule has 2 rings (SSSR count). The molecule has 0 atom stereocenters. The van der Waals surface area contributed by atoms with Gasteiger partial charge in [0.1, 0.15) is 12.4 Å². The van der Waals surface area contributed by atoms with Gasteiger partial charge in [-0.2, -0.15) is 0 Å². The monoisotopic (exact) mass is 372 g/mol. The summed E-state index contributed by atoms with van der Waals surface area (Å²) in [5.41, 5.74) is 1.98. The highest BCUT2D eigenvalue weighted by Crippen LogP contribution is 2.17. The van der Waals surface area contributed by atoms with Gasteiger partial charge in [0.2, 0.25) is 5.88 Å². The quantitative estimate of drug-likeness (QED) is 0.379. The Bertz CT molecular complexity index is 722. The highest BCUT2D eigenvalue weighted by Gasteiger charge is 2.06. The lowest BCUT2D eigenvalue weighted by atomic mass is 10.2. The number of benzene rings is 1. The number of hydrogen-bond acceptors (Lipinski definition) is 5. The third kappa shape index (κ3) is 6.79. The Balaban J connectivity index is 2.03. The molecule has 0 bridgehead atoms. The summed E-state index contributed by atoms with van der Waals surface area (Å²) in [6, 6.07) is 11.8. The summed E-state index contributed by atoms with van der Waals surface area (Å²) < 4.78 is 16.1. The Morgan fingerprint density at radius 1 is 1.04 bits per heavy atom. The number of guanidine groups is 1. The van der Waals surface area contributed by atoms with Gasteiger partial charge in [-0.3, -0.25) is 0 Å². The number of methoxy groups -OCH3 is 2. The first-order valence-electron chi connectivity index (χ1n) is 8.98. The fourth-order valence-electron chi connectivity index (χ4n) is 2.43. The van der Waals surface area contributed by atoms with E-state index >= 15 is 0 Å². The fraction of sp³-hybridized carbons (Fsp3) is 0.400. The van der Waals surface area contributed by atoms with Crippen LogP contribution in [-0.2, 0) is 17.8 Å². The van der Waals surface area contributed by atoms with Gasteiger partial charge in [-0.05, 0) is 19.1 Å². The molecule has 2 aromatic rings. The topological polar surface area (TPSA) is 77.0 Å². The molecule has 1 aromatic heterocycles. The first kappa shape index (κ1) is 20.5. The summed E-state index contributed by atoms with van der Waals surface area (Å²) >= 11 is 0. The highest BCUT2D eigenvalue weighted by atomic mass is 16.5. The summed E-state index contributed by atoms with van der Waals surface area (Å²) in [6.45, 7) is 4.84. The maximum Gasteiger partial charge on any atom is 0.218 e. The van der Waals surface area contributed by atoms with Crippen LogP contribution in [0.3, 0.4) is 0 Å². The zero-order chi connectivity index (χ0) is 19.3. The van der Waals surface area contributed by atoms with Crippen molar-refractivity contribution in [3.8, 4) is 11.6 Å². The Morgan fingerprint density at radius 2 is 1.85 bits per heavy atom. The fourth-order valence-corrected chi connectivity index (χ4v) is 2.43. The minimum Gasteiger partial charge on any atom is -0.496 e. The standard InChI is InChI=1S/C20H28N4O3/c1-4-21-20(23-14-16-8-5-6-10-18(16)26-3)24-15-17-9-7-11-22-19(17)27-13-12-25-2/h5-11H,4,12-15H2,1-3H3,(H2,21,23,24). The number of ether oxygens (including phenoxy) is 3. The van der Waals surface area contributed by atoms with E-state index in [2.05, 4.69) is 20.6 Å². The summed E-state index contributed by atoms with van der Waals surface area (Å²) in [7, 11) is 3.31. The van der Waals surface area contributed by atoms with Crippen LogP contribution in [0.5, 0.6) is 11.6 Å². The molecule has 0 spiro atoms. The SMILES string of the molecule is CCNC(=NCc1cccnc1OCCOC)NCc1ccccc1OC. The summed E-state index contributed by atoms with van der Waals surface area (Å²) in [6.07, 6.45) is 1.71. The Morgan fingerprint density at radius 3 is 2.63 bits per heavy atom. The van der Waals surface area contributed by atoms with Crippen molar-refractivity contribution in [3.05, 3.63) is 53.7 Å². The summed E-state index contributed by atoms with van der Waals surface area (Å²) in [4.78, 5) is 8.93. The number of pyridine rings is 1. The van der Waals surface area contributed by atoms with Crippen LogP contribution in [0.4, 0.5) is 0 Å². The number of nitrogens with zero attached hydrogens (tertiary/aromatic N) is 2. The Labute approximate surface area is 160 Å². The van der Waals surface area contributed by atoms with Crippen molar-refractivity contribution in [1.29, 1.82) is 0 Å². The van der Waals surface area contributed by atoms with Gasteiger partial charge in [-0.25, -0.2) is 9.98 Å². The Hall–Kier alpha value is -2.80. The molecular weight excluding hydrogens is 344 g/mol. The second kappa shape index (κ2) is 11.7. The van der Waals surface area contributed by atoms with E-state index in [1.165, 1.54) is 0 Å². The van der Waals surface area contributed by atoms with Gasteiger partial charge in [0.05, 0.1) is 20.3 Å². The minimum absolute atomic E-state index is 0.455. The van der Waals surface area contributed by atoms with Crippen molar-refractivity contribution in [2.24, 2.45) is 4.99 Å². The smallest absolute Gasteiger partial charge is 0.218 e. The molecule has 1 aromatic carbocycles. The van der Waals surface area contributed by atoms with E-state index in [0.717, 1.165) is 29.4 Å². The van der Waals surface area contributed by atoms with Crippen LogP contribution in [0.25, 0.3) is 0 Å². The van der Waals surface area contributed by atoms with Crippen molar-refractivity contribution in [2.45, 2.75) is 20.0 Å². The normalized spacial score (nSPS) is 11.1. The van der Waals surface area contributed by atoms with Crippen molar-refractivity contribution < 1.29 is 14.2 Å². The van der Waals surface area contributed by atoms with E-state index in [1.807, 2.05) is 43.3 Å². The number of rotatable bonds is 10. The number of nitrogens with one attached hydrogen (secondary N) is 2. The average Bonchev–Trinajstić information content (AvgIpc) is 2.71. The number of para-hydroxylation sites is 1. The summed E-state index contributed by atoms with van der Waals surface area (Å²) in [5, 5.41) is 6.58. The molecule has 0 saturated carbocycles. The van der Waals surface area contributed by atoms with Gasteiger partial charge < -0.3 is 24.8 Å². The second-order valence-electron chi connectivity index (χ2n) is 5.67. The number of aromatic nitrogens is 1. The number of aliphatic imine (C=N–C) groups is 1. The van der Waals surface area contributed by atoms with Gasteiger partial charge in [-0.1, -0.05) is 24.3 Å². The first-order valence-corrected chi connectivity index (χ1v) is 8.98. The third-order valence-corrected chi connectivity index (χ3v) is 3.77. The van der Waals surface area contributed by atoms with Crippen LogP contribution in [0.15, 0.2) is 47.6 Å². The van der Waals surface area contributed by atoms with Crippen LogP contribution in [0.1, 0.15) is 18.1 Å². The lowest BCUT2D eigenvalue weighted by Gasteiger charge is -2.14. The Kier molecular flexibility index (Phi) is 8.92. The van der Waals surface area contributed by atoms with E-state index in [4.69, 9.17) is 14.2 Å². The van der Waals surface area contributed by atoms with Gasteiger partial charge in [0.15, 0.2) is 5.96 Å². The molecule has 0 fully saturated rings. The largest absolute Gasteiger partial charge is 0.496 e.